The molecule has 1 heterocycles. The largest absolute Gasteiger partial charge is 0.313 e. The molecule has 0 spiro atoms. The molecule has 0 saturated carbocycles. The second-order valence-electron chi connectivity index (χ2n) is 4.18. The summed E-state index contributed by atoms with van der Waals surface area (Å²) in [6.45, 7) is 2.38. The molecular weight excluding hydrogens is 160 g/mol. The van der Waals surface area contributed by atoms with Crippen molar-refractivity contribution in [3.63, 3.8) is 0 Å². The quantitative estimate of drug-likeness (QED) is 0.642. The summed E-state index contributed by atoms with van der Waals surface area (Å²) in [6.07, 6.45) is 11.1. The summed E-state index contributed by atoms with van der Waals surface area (Å²) >= 11 is 0. The Bertz CT molecular complexity index is 171. The Morgan fingerprint density at radius 3 is 3.00 bits per heavy atom. The van der Waals surface area contributed by atoms with E-state index in [-0.39, 0.29) is 0 Å². The SMILES string of the molecule is C1=CCC(NCC2CCCN2)CC1. The zero-order chi connectivity index (χ0) is 8.93. The third-order valence-electron chi connectivity index (χ3n) is 3.08. The average Bonchev–Trinajstić information content (AvgIpc) is 2.69. The normalized spacial score (nSPS) is 33.8. The van der Waals surface area contributed by atoms with Crippen LogP contribution in [0.5, 0.6) is 0 Å². The first-order valence-electron chi connectivity index (χ1n) is 5.57. The van der Waals surface area contributed by atoms with Crippen LogP contribution in [0, 0.1) is 0 Å². The van der Waals surface area contributed by atoms with Crippen molar-refractivity contribution in [1.29, 1.82) is 0 Å². The van der Waals surface area contributed by atoms with Crippen molar-refractivity contribution < 1.29 is 0 Å². The van der Waals surface area contributed by atoms with Crippen molar-refractivity contribution >= 4 is 0 Å². The molecule has 2 nitrogen and oxygen atoms in total. The summed E-state index contributed by atoms with van der Waals surface area (Å²) in [5.41, 5.74) is 0. The highest BCUT2D eigenvalue weighted by atomic mass is 15.0. The number of hydrogen-bond donors (Lipinski definition) is 2. The van der Waals surface area contributed by atoms with Gasteiger partial charge in [0.2, 0.25) is 0 Å². The highest BCUT2D eigenvalue weighted by molar-refractivity contribution is 4.93. The molecule has 1 saturated heterocycles. The smallest absolute Gasteiger partial charge is 0.0193 e. The van der Waals surface area contributed by atoms with Crippen molar-refractivity contribution in [3.8, 4) is 0 Å². The first kappa shape index (κ1) is 9.22. The van der Waals surface area contributed by atoms with E-state index in [1.54, 1.807) is 0 Å². The van der Waals surface area contributed by atoms with Crippen LogP contribution in [0.15, 0.2) is 12.2 Å². The summed E-state index contributed by atoms with van der Waals surface area (Å²) in [5, 5.41) is 7.17. The molecule has 13 heavy (non-hydrogen) atoms. The predicted octanol–water partition coefficient (Wildman–Crippen LogP) is 1.44. The first-order valence-corrected chi connectivity index (χ1v) is 5.57. The highest BCUT2D eigenvalue weighted by Crippen LogP contribution is 2.11. The lowest BCUT2D eigenvalue weighted by Crippen LogP contribution is -2.39. The zero-order valence-electron chi connectivity index (χ0n) is 8.26. The fourth-order valence-electron chi connectivity index (χ4n) is 2.22. The third-order valence-corrected chi connectivity index (χ3v) is 3.08. The monoisotopic (exact) mass is 180 g/mol. The van der Waals surface area contributed by atoms with Gasteiger partial charge in [-0.2, -0.15) is 0 Å². The van der Waals surface area contributed by atoms with E-state index in [4.69, 9.17) is 0 Å². The standard InChI is InChI=1S/C11H20N2/c1-2-5-10(6-3-1)13-9-11-7-4-8-12-11/h1-2,10-13H,3-9H2. The Hall–Kier alpha value is -0.340. The van der Waals surface area contributed by atoms with Gasteiger partial charge in [-0.15, -0.1) is 0 Å². The number of rotatable bonds is 3. The second-order valence-corrected chi connectivity index (χ2v) is 4.18. The summed E-state index contributed by atoms with van der Waals surface area (Å²) in [6, 6.07) is 1.48. The van der Waals surface area contributed by atoms with Crippen LogP contribution < -0.4 is 10.6 Å². The van der Waals surface area contributed by atoms with Crippen LogP contribution >= 0.6 is 0 Å². The van der Waals surface area contributed by atoms with E-state index in [0.29, 0.717) is 0 Å². The maximum Gasteiger partial charge on any atom is 0.0193 e. The summed E-state index contributed by atoms with van der Waals surface area (Å²) in [4.78, 5) is 0. The fourth-order valence-corrected chi connectivity index (χ4v) is 2.22. The van der Waals surface area contributed by atoms with Crippen molar-refractivity contribution in [1.82, 2.24) is 10.6 Å². The molecule has 1 aliphatic heterocycles. The molecule has 2 rings (SSSR count). The van der Waals surface area contributed by atoms with Crippen molar-refractivity contribution in [3.05, 3.63) is 12.2 Å². The molecule has 2 unspecified atom stereocenters. The number of allylic oxidation sites excluding steroid dienone is 1. The molecular formula is C11H20N2. The lowest BCUT2D eigenvalue weighted by Gasteiger charge is -2.21. The molecule has 1 aliphatic carbocycles. The van der Waals surface area contributed by atoms with Crippen LogP contribution in [-0.2, 0) is 0 Å². The predicted molar refractivity (Wildman–Crippen MR) is 55.8 cm³/mol. The van der Waals surface area contributed by atoms with Crippen LogP contribution in [0.3, 0.4) is 0 Å². The summed E-state index contributed by atoms with van der Waals surface area (Å²) in [5.74, 6) is 0. The third kappa shape index (κ3) is 2.82. The molecule has 0 bridgehead atoms. The molecule has 1 fully saturated rings. The van der Waals surface area contributed by atoms with Gasteiger partial charge in [-0.05, 0) is 38.6 Å². The molecule has 0 radical (unpaired) electrons. The molecule has 0 aromatic carbocycles. The van der Waals surface area contributed by atoms with Crippen LogP contribution in [0.25, 0.3) is 0 Å². The summed E-state index contributed by atoms with van der Waals surface area (Å²) < 4.78 is 0. The molecule has 2 N–H and O–H groups in total. The maximum atomic E-state index is 3.65. The van der Waals surface area contributed by atoms with Gasteiger partial charge >= 0.3 is 0 Å². The number of hydrogen-bond acceptors (Lipinski definition) is 2. The Labute approximate surface area is 80.8 Å². The van der Waals surface area contributed by atoms with Gasteiger partial charge in [-0.1, -0.05) is 12.2 Å². The van der Waals surface area contributed by atoms with E-state index in [9.17, 15) is 0 Å². The van der Waals surface area contributed by atoms with E-state index in [1.165, 1.54) is 45.2 Å². The lowest BCUT2D eigenvalue weighted by molar-refractivity contribution is 0.436. The van der Waals surface area contributed by atoms with Crippen molar-refractivity contribution in [2.24, 2.45) is 0 Å². The topological polar surface area (TPSA) is 24.1 Å². The van der Waals surface area contributed by atoms with Crippen LogP contribution in [0.1, 0.15) is 32.1 Å². The Morgan fingerprint density at radius 1 is 1.31 bits per heavy atom. The lowest BCUT2D eigenvalue weighted by atomic mass is 10.0. The second kappa shape index (κ2) is 4.77. The zero-order valence-corrected chi connectivity index (χ0v) is 8.26. The number of nitrogens with one attached hydrogen (secondary N) is 2. The first-order chi connectivity index (χ1) is 6.45. The molecule has 74 valence electrons. The Kier molecular flexibility index (Phi) is 3.39. The van der Waals surface area contributed by atoms with Gasteiger partial charge in [0.1, 0.15) is 0 Å². The molecule has 2 aliphatic rings. The minimum atomic E-state index is 0.742. The summed E-state index contributed by atoms with van der Waals surface area (Å²) in [7, 11) is 0. The van der Waals surface area contributed by atoms with Crippen LogP contribution in [0.2, 0.25) is 0 Å². The molecule has 0 aromatic rings. The highest BCUT2D eigenvalue weighted by Gasteiger charge is 2.15. The van der Waals surface area contributed by atoms with Crippen LogP contribution in [0.4, 0.5) is 0 Å². The minimum absolute atomic E-state index is 0.742. The van der Waals surface area contributed by atoms with Crippen LogP contribution in [-0.4, -0.2) is 25.2 Å². The van der Waals surface area contributed by atoms with Gasteiger partial charge < -0.3 is 10.6 Å². The van der Waals surface area contributed by atoms with E-state index in [0.717, 1.165) is 12.1 Å². The Balaban J connectivity index is 1.63. The fraction of sp³-hybridized carbons (Fsp3) is 0.818. The molecule has 2 atom stereocenters. The van der Waals surface area contributed by atoms with Gasteiger partial charge in [0.25, 0.3) is 0 Å². The van der Waals surface area contributed by atoms with Gasteiger partial charge in [-0.3, -0.25) is 0 Å². The van der Waals surface area contributed by atoms with E-state index in [2.05, 4.69) is 22.8 Å². The van der Waals surface area contributed by atoms with Gasteiger partial charge in [-0.25, -0.2) is 0 Å². The molecule has 2 heteroatoms. The maximum absolute atomic E-state index is 3.65. The average molecular weight is 180 g/mol. The van der Waals surface area contributed by atoms with Crippen molar-refractivity contribution in [2.75, 3.05) is 13.1 Å². The van der Waals surface area contributed by atoms with Gasteiger partial charge in [0, 0.05) is 18.6 Å². The Morgan fingerprint density at radius 2 is 2.31 bits per heavy atom. The van der Waals surface area contributed by atoms with Crippen molar-refractivity contribution in [2.45, 2.75) is 44.2 Å². The van der Waals surface area contributed by atoms with E-state index >= 15 is 0 Å². The van der Waals surface area contributed by atoms with Gasteiger partial charge in [0.05, 0.1) is 0 Å². The van der Waals surface area contributed by atoms with Gasteiger partial charge in [0.15, 0.2) is 0 Å². The minimum Gasteiger partial charge on any atom is -0.313 e. The van der Waals surface area contributed by atoms with E-state index < -0.39 is 0 Å². The molecule has 0 amide bonds. The van der Waals surface area contributed by atoms with E-state index in [1.807, 2.05) is 0 Å². The molecule has 0 aromatic heterocycles.